The van der Waals surface area contributed by atoms with Gasteiger partial charge in [0.25, 0.3) is 5.56 Å². The number of aliphatic hydroxyl groups excluding tert-OH is 1. The van der Waals surface area contributed by atoms with Crippen molar-refractivity contribution in [2.75, 3.05) is 12.4 Å². The Balaban J connectivity index is 2.13. The lowest BCUT2D eigenvalue weighted by atomic mass is 10.2. The van der Waals surface area contributed by atoms with E-state index in [1.54, 1.807) is 31.3 Å². The summed E-state index contributed by atoms with van der Waals surface area (Å²) in [6, 6.07) is 6.83. The van der Waals surface area contributed by atoms with Gasteiger partial charge in [-0.15, -0.1) is 0 Å². The predicted octanol–water partition coefficient (Wildman–Crippen LogP) is 2.16. The van der Waals surface area contributed by atoms with E-state index < -0.39 is 0 Å². The molecule has 2 heterocycles. The van der Waals surface area contributed by atoms with Crippen molar-refractivity contribution < 1.29 is 9.84 Å². The van der Waals surface area contributed by atoms with E-state index in [0.717, 1.165) is 5.56 Å². The first-order valence-corrected chi connectivity index (χ1v) is 7.21. The SMILES string of the molecule is COc1cc(CO)ccc1Nc1cc(Cl)nc2[nH]n(C)c(=O)c12. The molecule has 0 bridgehead atoms. The topological polar surface area (TPSA) is 92.2 Å². The van der Waals surface area contributed by atoms with Gasteiger partial charge in [-0.05, 0) is 23.8 Å². The maximum atomic E-state index is 12.2. The van der Waals surface area contributed by atoms with Crippen LogP contribution in [0.15, 0.2) is 29.1 Å². The van der Waals surface area contributed by atoms with Crippen molar-refractivity contribution >= 4 is 34.0 Å². The molecule has 0 unspecified atom stereocenters. The Kier molecular flexibility index (Phi) is 3.97. The zero-order chi connectivity index (χ0) is 16.6. The summed E-state index contributed by atoms with van der Waals surface area (Å²) < 4.78 is 6.66. The molecular formula is C15H15ClN4O3. The number of aromatic nitrogens is 3. The molecular weight excluding hydrogens is 320 g/mol. The number of aromatic amines is 1. The molecule has 3 N–H and O–H groups in total. The maximum absolute atomic E-state index is 12.2. The van der Waals surface area contributed by atoms with E-state index in [9.17, 15) is 9.90 Å². The zero-order valence-electron chi connectivity index (χ0n) is 12.6. The number of ether oxygens (including phenoxy) is 1. The lowest BCUT2D eigenvalue weighted by Gasteiger charge is -2.13. The van der Waals surface area contributed by atoms with Gasteiger partial charge in [-0.3, -0.25) is 14.6 Å². The Labute approximate surface area is 136 Å². The molecule has 3 rings (SSSR count). The van der Waals surface area contributed by atoms with E-state index in [0.29, 0.717) is 28.2 Å². The summed E-state index contributed by atoms with van der Waals surface area (Å²) in [5, 5.41) is 15.9. The fourth-order valence-corrected chi connectivity index (χ4v) is 2.56. The second-order valence-electron chi connectivity index (χ2n) is 5.01. The largest absolute Gasteiger partial charge is 0.495 e. The van der Waals surface area contributed by atoms with Gasteiger partial charge in [0.15, 0.2) is 5.65 Å². The molecule has 0 fully saturated rings. The summed E-state index contributed by atoms with van der Waals surface area (Å²) in [6.07, 6.45) is 0. The summed E-state index contributed by atoms with van der Waals surface area (Å²) in [6.45, 7) is -0.0830. The van der Waals surface area contributed by atoms with Gasteiger partial charge >= 0.3 is 0 Å². The monoisotopic (exact) mass is 334 g/mol. The average Bonchev–Trinajstić information content (AvgIpc) is 2.82. The number of benzene rings is 1. The minimum atomic E-state index is -0.211. The number of nitrogens with one attached hydrogen (secondary N) is 2. The first-order valence-electron chi connectivity index (χ1n) is 6.83. The normalized spacial score (nSPS) is 11.0. The summed E-state index contributed by atoms with van der Waals surface area (Å²) >= 11 is 6.03. The number of hydrogen-bond acceptors (Lipinski definition) is 5. The van der Waals surface area contributed by atoms with Gasteiger partial charge in [0.1, 0.15) is 16.3 Å². The molecule has 1 aromatic carbocycles. The molecule has 7 nitrogen and oxygen atoms in total. The highest BCUT2D eigenvalue weighted by Gasteiger charge is 2.14. The van der Waals surface area contributed by atoms with Crippen LogP contribution in [0.4, 0.5) is 11.4 Å². The lowest BCUT2D eigenvalue weighted by molar-refractivity contribution is 0.281. The molecule has 0 aliphatic rings. The molecule has 0 radical (unpaired) electrons. The smallest absolute Gasteiger partial charge is 0.277 e. The Morgan fingerprint density at radius 2 is 2.17 bits per heavy atom. The fraction of sp³-hybridized carbons (Fsp3) is 0.200. The standard InChI is InChI=1S/C15H15ClN4O3/c1-20-15(22)13-10(6-12(16)18-14(13)19-20)17-9-4-3-8(7-21)5-11(9)23-2/h3-6,21H,7H2,1-2H3,(H2,17,18,19). The maximum Gasteiger partial charge on any atom is 0.277 e. The number of pyridine rings is 1. The summed E-state index contributed by atoms with van der Waals surface area (Å²) in [7, 11) is 3.14. The number of nitrogens with zero attached hydrogens (tertiary/aromatic N) is 2. The minimum absolute atomic E-state index is 0.0830. The second kappa shape index (κ2) is 5.94. The Morgan fingerprint density at radius 1 is 1.39 bits per heavy atom. The van der Waals surface area contributed by atoms with E-state index in [-0.39, 0.29) is 17.3 Å². The highest BCUT2D eigenvalue weighted by molar-refractivity contribution is 6.30. The fourth-order valence-electron chi connectivity index (χ4n) is 2.37. The van der Waals surface area contributed by atoms with Crippen molar-refractivity contribution in [3.63, 3.8) is 0 Å². The van der Waals surface area contributed by atoms with E-state index in [4.69, 9.17) is 16.3 Å². The minimum Gasteiger partial charge on any atom is -0.495 e. The Hall–Kier alpha value is -2.51. The van der Waals surface area contributed by atoms with Crippen LogP contribution in [0.1, 0.15) is 5.56 Å². The number of halogens is 1. The molecule has 120 valence electrons. The molecule has 3 aromatic rings. The molecule has 0 amide bonds. The van der Waals surface area contributed by atoms with Crippen molar-refractivity contribution in [2.45, 2.75) is 6.61 Å². The van der Waals surface area contributed by atoms with Crippen LogP contribution in [0.2, 0.25) is 5.15 Å². The number of aryl methyl sites for hydroxylation is 1. The molecule has 0 aliphatic heterocycles. The lowest BCUT2D eigenvalue weighted by Crippen LogP contribution is -2.12. The Bertz CT molecular complexity index is 932. The van der Waals surface area contributed by atoms with Crippen LogP contribution >= 0.6 is 11.6 Å². The zero-order valence-corrected chi connectivity index (χ0v) is 13.3. The third kappa shape index (κ3) is 2.76. The Morgan fingerprint density at radius 3 is 2.87 bits per heavy atom. The van der Waals surface area contributed by atoms with Gasteiger partial charge in [0, 0.05) is 7.05 Å². The van der Waals surface area contributed by atoms with Crippen LogP contribution in [0.5, 0.6) is 5.75 Å². The van der Waals surface area contributed by atoms with Crippen molar-refractivity contribution in [2.24, 2.45) is 7.05 Å². The average molecular weight is 335 g/mol. The molecule has 0 aliphatic carbocycles. The molecule has 2 aromatic heterocycles. The van der Waals surface area contributed by atoms with Crippen LogP contribution in [0, 0.1) is 0 Å². The van der Waals surface area contributed by atoms with Gasteiger partial charge in [0.2, 0.25) is 0 Å². The highest BCUT2D eigenvalue weighted by Crippen LogP contribution is 2.31. The van der Waals surface area contributed by atoms with Gasteiger partial charge < -0.3 is 15.2 Å². The molecule has 0 atom stereocenters. The summed E-state index contributed by atoms with van der Waals surface area (Å²) in [4.78, 5) is 16.4. The highest BCUT2D eigenvalue weighted by atomic mass is 35.5. The van der Waals surface area contributed by atoms with E-state index in [1.165, 1.54) is 11.8 Å². The van der Waals surface area contributed by atoms with Crippen LogP contribution in [0.25, 0.3) is 11.0 Å². The number of fused-ring (bicyclic) bond motifs is 1. The number of H-pyrrole nitrogens is 1. The number of methoxy groups -OCH3 is 1. The molecule has 23 heavy (non-hydrogen) atoms. The third-order valence-corrected chi connectivity index (χ3v) is 3.69. The first-order chi connectivity index (χ1) is 11.0. The van der Waals surface area contributed by atoms with Crippen LogP contribution in [-0.2, 0) is 13.7 Å². The number of rotatable bonds is 4. The van der Waals surface area contributed by atoms with Gasteiger partial charge in [0.05, 0.1) is 25.1 Å². The number of anilines is 2. The van der Waals surface area contributed by atoms with Gasteiger partial charge in [-0.25, -0.2) is 4.98 Å². The quantitative estimate of drug-likeness (QED) is 0.636. The van der Waals surface area contributed by atoms with E-state index in [1.807, 2.05) is 0 Å². The van der Waals surface area contributed by atoms with Crippen molar-refractivity contribution in [1.82, 2.24) is 14.8 Å². The molecule has 0 spiro atoms. The second-order valence-corrected chi connectivity index (χ2v) is 5.40. The van der Waals surface area contributed by atoms with Gasteiger partial charge in [-0.2, -0.15) is 0 Å². The van der Waals surface area contributed by atoms with E-state index >= 15 is 0 Å². The van der Waals surface area contributed by atoms with Crippen LogP contribution in [0.3, 0.4) is 0 Å². The van der Waals surface area contributed by atoms with Gasteiger partial charge in [-0.1, -0.05) is 17.7 Å². The first kappa shape index (κ1) is 15.4. The molecule has 0 saturated carbocycles. The molecule has 0 saturated heterocycles. The van der Waals surface area contributed by atoms with Crippen molar-refractivity contribution in [3.05, 3.63) is 45.3 Å². The van der Waals surface area contributed by atoms with Crippen LogP contribution < -0.4 is 15.6 Å². The van der Waals surface area contributed by atoms with E-state index in [2.05, 4.69) is 15.4 Å². The molecule has 8 heteroatoms. The summed E-state index contributed by atoms with van der Waals surface area (Å²) in [5.41, 5.74) is 2.09. The number of hydrogen-bond donors (Lipinski definition) is 3. The van der Waals surface area contributed by atoms with Crippen LogP contribution in [-0.4, -0.2) is 27.0 Å². The predicted molar refractivity (Wildman–Crippen MR) is 88.5 cm³/mol. The summed E-state index contributed by atoms with van der Waals surface area (Å²) in [5.74, 6) is 0.546. The van der Waals surface area contributed by atoms with Crippen molar-refractivity contribution in [3.8, 4) is 5.75 Å². The number of aliphatic hydroxyl groups is 1. The van der Waals surface area contributed by atoms with Crippen molar-refractivity contribution in [1.29, 1.82) is 0 Å². The third-order valence-electron chi connectivity index (χ3n) is 3.50.